The predicted octanol–water partition coefficient (Wildman–Crippen LogP) is 5.58. The maximum absolute atomic E-state index is 13.5. The summed E-state index contributed by atoms with van der Waals surface area (Å²) in [6.07, 6.45) is -0.421. The van der Waals surface area contributed by atoms with Crippen molar-refractivity contribution < 1.29 is 19.4 Å². The first-order valence-electron chi connectivity index (χ1n) is 14.6. The Morgan fingerprint density at radius 2 is 1.44 bits per heavy atom. The van der Waals surface area contributed by atoms with Crippen molar-refractivity contribution in [3.8, 4) is 5.75 Å². The average Bonchev–Trinajstić information content (AvgIpc) is 3.06. The summed E-state index contributed by atoms with van der Waals surface area (Å²) in [6, 6.07) is 33.4. The van der Waals surface area contributed by atoms with Crippen LogP contribution in [0.25, 0.3) is 0 Å². The van der Waals surface area contributed by atoms with Crippen molar-refractivity contribution in [2.75, 3.05) is 20.7 Å². The van der Waals surface area contributed by atoms with Gasteiger partial charge in [-0.05, 0) is 67.3 Å². The van der Waals surface area contributed by atoms with Crippen LogP contribution in [0.1, 0.15) is 63.3 Å². The second-order valence-electron chi connectivity index (χ2n) is 10.8. The quantitative estimate of drug-likeness (QED) is 0.192. The fourth-order valence-electron chi connectivity index (χ4n) is 4.98. The minimum Gasteiger partial charge on any atom is -0.497 e. The third kappa shape index (κ3) is 8.53. The second kappa shape index (κ2) is 15.1. The van der Waals surface area contributed by atoms with Gasteiger partial charge in [-0.25, -0.2) is 0 Å². The van der Waals surface area contributed by atoms with Crippen LogP contribution in [0, 0.1) is 0 Å². The third-order valence-corrected chi connectivity index (χ3v) is 7.88. The van der Waals surface area contributed by atoms with Crippen molar-refractivity contribution in [2.45, 2.75) is 44.5 Å². The Kier molecular flexibility index (Phi) is 11.1. The van der Waals surface area contributed by atoms with Gasteiger partial charge in [0.05, 0.1) is 25.3 Å². The summed E-state index contributed by atoms with van der Waals surface area (Å²) in [4.78, 5) is 28.5. The molecule has 0 saturated carbocycles. The maximum atomic E-state index is 13.5. The summed E-state index contributed by atoms with van der Waals surface area (Å²) >= 11 is 0. The van der Waals surface area contributed by atoms with Crippen molar-refractivity contribution in [1.29, 1.82) is 0 Å². The second-order valence-corrected chi connectivity index (χ2v) is 10.8. The number of nitrogens with one attached hydrogen (secondary N) is 2. The predicted molar refractivity (Wildman–Crippen MR) is 170 cm³/mol. The molecule has 0 unspecified atom stereocenters. The van der Waals surface area contributed by atoms with E-state index in [2.05, 4.69) is 10.6 Å². The number of carbonyl (C=O) groups excluding carboxylic acids is 2. The number of benzene rings is 4. The van der Waals surface area contributed by atoms with E-state index in [1.165, 1.54) is 0 Å². The highest BCUT2D eigenvalue weighted by Crippen LogP contribution is 2.21. The Labute approximate surface area is 254 Å². The number of amides is 2. The molecule has 0 aliphatic heterocycles. The molecule has 0 aromatic heterocycles. The summed E-state index contributed by atoms with van der Waals surface area (Å²) in [6.45, 7) is 4.27. The van der Waals surface area contributed by atoms with E-state index >= 15 is 0 Å². The Morgan fingerprint density at radius 1 is 0.814 bits per heavy atom. The van der Waals surface area contributed by atoms with Crippen molar-refractivity contribution in [3.63, 3.8) is 0 Å². The fraction of sp³-hybridized carbons (Fsp3) is 0.278. The lowest BCUT2D eigenvalue weighted by Gasteiger charge is -2.27. The van der Waals surface area contributed by atoms with Crippen LogP contribution in [0.5, 0.6) is 5.75 Å². The van der Waals surface area contributed by atoms with E-state index in [0.717, 1.165) is 22.4 Å². The summed E-state index contributed by atoms with van der Waals surface area (Å²) in [5.41, 5.74) is 3.87. The zero-order chi connectivity index (χ0) is 30.8. The van der Waals surface area contributed by atoms with Gasteiger partial charge < -0.3 is 25.4 Å². The van der Waals surface area contributed by atoms with Crippen LogP contribution in [0.2, 0.25) is 0 Å². The number of aliphatic hydroxyl groups excluding tert-OH is 1. The minimum atomic E-state index is -0.868. The van der Waals surface area contributed by atoms with E-state index in [-0.39, 0.29) is 30.4 Å². The molecule has 0 spiro atoms. The van der Waals surface area contributed by atoms with Gasteiger partial charge in [-0.3, -0.25) is 9.59 Å². The highest BCUT2D eigenvalue weighted by molar-refractivity contribution is 5.99. The molecule has 0 bridgehead atoms. The Bertz CT molecular complexity index is 1460. The van der Waals surface area contributed by atoms with Crippen molar-refractivity contribution in [1.82, 2.24) is 15.5 Å². The first-order valence-corrected chi connectivity index (χ1v) is 14.6. The van der Waals surface area contributed by atoms with Crippen LogP contribution in [0.4, 0.5) is 0 Å². The normalized spacial score (nSPS) is 13.8. The minimum absolute atomic E-state index is 0.0217. The summed E-state index contributed by atoms with van der Waals surface area (Å²) in [5.74, 6) is 0.255. The van der Waals surface area contributed by atoms with E-state index in [4.69, 9.17) is 4.74 Å². The molecule has 0 fully saturated rings. The molecule has 2 amide bonds. The number of methoxy groups -OCH3 is 1. The smallest absolute Gasteiger partial charge is 0.254 e. The van der Waals surface area contributed by atoms with E-state index < -0.39 is 12.1 Å². The monoisotopic (exact) mass is 579 g/mol. The van der Waals surface area contributed by atoms with Gasteiger partial charge in [0.25, 0.3) is 11.8 Å². The highest BCUT2D eigenvalue weighted by atomic mass is 16.5. The van der Waals surface area contributed by atoms with Crippen molar-refractivity contribution >= 4 is 11.8 Å². The summed E-state index contributed by atoms with van der Waals surface area (Å²) in [7, 11) is 3.40. The lowest BCUT2D eigenvalue weighted by atomic mass is 9.99. The molecular weight excluding hydrogens is 538 g/mol. The summed E-state index contributed by atoms with van der Waals surface area (Å²) in [5, 5.41) is 17.7. The van der Waals surface area contributed by atoms with Crippen LogP contribution >= 0.6 is 0 Å². The first-order chi connectivity index (χ1) is 20.8. The Morgan fingerprint density at radius 3 is 2.09 bits per heavy atom. The Hall–Kier alpha value is -4.46. The number of carbonyl (C=O) groups is 2. The van der Waals surface area contributed by atoms with Crippen LogP contribution in [0.3, 0.4) is 0 Å². The molecule has 0 aliphatic carbocycles. The molecule has 4 aromatic rings. The molecule has 0 aliphatic rings. The lowest BCUT2D eigenvalue weighted by molar-refractivity contribution is 0.0742. The first kappa shape index (κ1) is 31.5. The fourth-order valence-corrected chi connectivity index (χ4v) is 4.98. The van der Waals surface area contributed by atoms with Crippen LogP contribution in [-0.2, 0) is 6.42 Å². The van der Waals surface area contributed by atoms with E-state index in [9.17, 15) is 14.7 Å². The van der Waals surface area contributed by atoms with Gasteiger partial charge in [-0.1, -0.05) is 78.9 Å². The number of aliphatic hydroxyl groups is 1. The molecule has 7 nitrogen and oxygen atoms in total. The maximum Gasteiger partial charge on any atom is 0.254 e. The van der Waals surface area contributed by atoms with Gasteiger partial charge in [0.1, 0.15) is 5.75 Å². The van der Waals surface area contributed by atoms with Crippen LogP contribution in [0.15, 0.2) is 109 Å². The summed E-state index contributed by atoms with van der Waals surface area (Å²) < 4.78 is 5.25. The lowest BCUT2D eigenvalue weighted by Crippen LogP contribution is -2.49. The molecule has 0 saturated heterocycles. The van der Waals surface area contributed by atoms with Crippen LogP contribution in [-0.4, -0.2) is 54.7 Å². The molecule has 4 aromatic carbocycles. The molecule has 3 N–H and O–H groups in total. The number of hydrogen-bond acceptors (Lipinski definition) is 5. The average molecular weight is 580 g/mol. The van der Waals surface area contributed by atoms with Crippen molar-refractivity contribution in [3.05, 3.63) is 137 Å². The largest absolute Gasteiger partial charge is 0.497 e. The van der Waals surface area contributed by atoms with Gasteiger partial charge in [0.15, 0.2) is 0 Å². The van der Waals surface area contributed by atoms with Crippen LogP contribution < -0.4 is 15.4 Å². The van der Waals surface area contributed by atoms with Gasteiger partial charge in [-0.2, -0.15) is 0 Å². The third-order valence-electron chi connectivity index (χ3n) is 7.88. The van der Waals surface area contributed by atoms with Gasteiger partial charge in [0.2, 0.25) is 0 Å². The van der Waals surface area contributed by atoms with Gasteiger partial charge in [-0.15, -0.1) is 0 Å². The van der Waals surface area contributed by atoms with Gasteiger partial charge >= 0.3 is 0 Å². The molecule has 7 heteroatoms. The zero-order valence-electron chi connectivity index (χ0n) is 25.2. The molecule has 0 radical (unpaired) electrons. The molecule has 4 atom stereocenters. The topological polar surface area (TPSA) is 90.9 Å². The number of hydrogen-bond donors (Lipinski definition) is 3. The molecule has 43 heavy (non-hydrogen) atoms. The molecule has 224 valence electrons. The molecular formula is C36H41N3O4. The van der Waals surface area contributed by atoms with E-state index in [0.29, 0.717) is 17.5 Å². The van der Waals surface area contributed by atoms with E-state index in [1.54, 1.807) is 43.3 Å². The van der Waals surface area contributed by atoms with E-state index in [1.807, 2.05) is 98.8 Å². The zero-order valence-corrected chi connectivity index (χ0v) is 25.2. The Balaban J connectivity index is 1.45. The number of ether oxygens (including phenoxy) is 1. The molecule has 4 rings (SSSR count). The standard InChI is InChI=1S/C36H41N3O4/c1-25(28-18-20-32(43-4)21-19-28)37-24-34(40)33(22-27-12-7-5-8-13-27)38-35(41)30-16-11-17-31(23-30)36(42)39(3)26(2)29-14-9-6-10-15-29/h5-21,23,25-26,33-34,37,40H,22,24H2,1-4H3,(H,38,41)/t25-,26+,33+,34-/m1/s1. The van der Waals surface area contributed by atoms with Crippen molar-refractivity contribution in [2.24, 2.45) is 0 Å². The highest BCUT2D eigenvalue weighted by Gasteiger charge is 2.24. The van der Waals surface area contributed by atoms with Gasteiger partial charge in [0, 0.05) is 30.8 Å². The number of rotatable bonds is 13. The SMILES string of the molecule is COc1ccc([C@@H](C)NC[C@@H](O)[C@H](Cc2ccccc2)NC(=O)c2cccc(C(=O)N(C)[C@@H](C)c3ccccc3)c2)cc1. The number of nitrogens with zero attached hydrogens (tertiary/aromatic N) is 1. The molecule has 0 heterocycles.